The Morgan fingerprint density at radius 2 is 2.00 bits per heavy atom. The molecular weight excluding hydrogens is 348 g/mol. The van der Waals surface area contributed by atoms with Gasteiger partial charge in [0, 0.05) is 37.1 Å². The highest BCUT2D eigenvalue weighted by Crippen LogP contribution is 2.25. The summed E-state index contributed by atoms with van der Waals surface area (Å²) in [6.45, 7) is 8.33. The minimum absolute atomic E-state index is 0.0311. The van der Waals surface area contributed by atoms with Crippen LogP contribution in [0.25, 0.3) is 5.57 Å². The Morgan fingerprint density at radius 3 is 2.75 bits per heavy atom. The summed E-state index contributed by atoms with van der Waals surface area (Å²) < 4.78 is 7.51. The number of likely N-dealkylation sites (tertiary alicyclic amines) is 1. The van der Waals surface area contributed by atoms with E-state index < -0.39 is 0 Å². The summed E-state index contributed by atoms with van der Waals surface area (Å²) in [7, 11) is 0. The molecule has 1 aliphatic heterocycles. The van der Waals surface area contributed by atoms with Gasteiger partial charge in [0.15, 0.2) is 0 Å². The zero-order valence-electron chi connectivity index (χ0n) is 17.1. The predicted molar refractivity (Wildman–Crippen MR) is 114 cm³/mol. The number of rotatable bonds is 8. The normalized spacial score (nSPS) is 18.2. The van der Waals surface area contributed by atoms with Crippen molar-refractivity contribution in [3.05, 3.63) is 66.0 Å². The fourth-order valence-electron chi connectivity index (χ4n) is 4.02. The van der Waals surface area contributed by atoms with Gasteiger partial charge in [0.05, 0.1) is 12.5 Å². The molecule has 150 valence electrons. The van der Waals surface area contributed by atoms with E-state index in [0.717, 1.165) is 45.4 Å². The van der Waals surface area contributed by atoms with Crippen LogP contribution in [0.2, 0.25) is 0 Å². The van der Waals surface area contributed by atoms with Gasteiger partial charge in [0.25, 0.3) is 0 Å². The number of hydrogen-bond donors (Lipinski definition) is 0. The number of esters is 1. The van der Waals surface area contributed by atoms with E-state index in [9.17, 15) is 4.79 Å². The number of ether oxygens (including phenoxy) is 1. The lowest BCUT2D eigenvalue weighted by molar-refractivity contribution is -0.149. The lowest BCUT2D eigenvalue weighted by Crippen LogP contribution is -2.39. The van der Waals surface area contributed by atoms with Crippen LogP contribution in [0.1, 0.15) is 44.4 Å². The first-order valence-corrected chi connectivity index (χ1v) is 10.5. The van der Waals surface area contributed by atoms with Crippen LogP contribution in [-0.2, 0) is 16.1 Å². The molecular formula is C24H32N2O2. The van der Waals surface area contributed by atoms with E-state index in [4.69, 9.17) is 4.74 Å². The van der Waals surface area contributed by atoms with Gasteiger partial charge in [-0.3, -0.25) is 4.79 Å². The SMILES string of the molecule is CCOC(=O)[C@@H]1CCCN(CCC=C(c2ccccc2)c2cccn2CC)C1. The second-order valence-electron chi connectivity index (χ2n) is 7.34. The number of aryl methyl sites for hydroxylation is 1. The summed E-state index contributed by atoms with van der Waals surface area (Å²) in [5, 5.41) is 0. The highest BCUT2D eigenvalue weighted by molar-refractivity contribution is 5.78. The molecule has 1 aliphatic rings. The average Bonchev–Trinajstić information content (AvgIpc) is 3.21. The quantitative estimate of drug-likeness (QED) is 0.628. The average molecular weight is 381 g/mol. The molecule has 0 bridgehead atoms. The van der Waals surface area contributed by atoms with E-state index >= 15 is 0 Å². The van der Waals surface area contributed by atoms with Crippen LogP contribution in [0, 0.1) is 5.92 Å². The zero-order valence-corrected chi connectivity index (χ0v) is 17.1. The molecule has 1 atom stereocenters. The number of carbonyl (C=O) groups excluding carboxylic acids is 1. The van der Waals surface area contributed by atoms with E-state index in [1.807, 2.05) is 6.92 Å². The maximum Gasteiger partial charge on any atom is 0.310 e. The Morgan fingerprint density at radius 1 is 1.18 bits per heavy atom. The fraction of sp³-hybridized carbons (Fsp3) is 0.458. The summed E-state index contributed by atoms with van der Waals surface area (Å²) in [6, 6.07) is 14.9. The molecule has 1 fully saturated rings. The van der Waals surface area contributed by atoms with Crippen molar-refractivity contribution in [3.8, 4) is 0 Å². The van der Waals surface area contributed by atoms with Gasteiger partial charge in [-0.25, -0.2) is 0 Å². The van der Waals surface area contributed by atoms with Crippen LogP contribution in [-0.4, -0.2) is 41.7 Å². The first-order valence-electron chi connectivity index (χ1n) is 10.5. The smallest absolute Gasteiger partial charge is 0.310 e. The predicted octanol–water partition coefficient (Wildman–Crippen LogP) is 4.60. The summed E-state index contributed by atoms with van der Waals surface area (Å²) in [5.41, 5.74) is 3.79. The summed E-state index contributed by atoms with van der Waals surface area (Å²) in [4.78, 5) is 14.5. The largest absolute Gasteiger partial charge is 0.466 e. The summed E-state index contributed by atoms with van der Waals surface area (Å²) in [6.07, 6.45) is 7.47. The molecule has 2 aromatic rings. The number of piperidine rings is 1. The molecule has 0 radical (unpaired) electrons. The van der Waals surface area contributed by atoms with Crippen LogP contribution >= 0.6 is 0 Å². The second-order valence-corrected chi connectivity index (χ2v) is 7.34. The van der Waals surface area contributed by atoms with Crippen molar-refractivity contribution in [1.82, 2.24) is 9.47 Å². The lowest BCUT2D eigenvalue weighted by Gasteiger charge is -2.31. The van der Waals surface area contributed by atoms with Crippen LogP contribution in [0.15, 0.2) is 54.7 Å². The van der Waals surface area contributed by atoms with Gasteiger partial charge in [-0.1, -0.05) is 36.4 Å². The van der Waals surface area contributed by atoms with Gasteiger partial charge in [0.1, 0.15) is 0 Å². The van der Waals surface area contributed by atoms with E-state index in [0.29, 0.717) is 6.61 Å². The first-order chi connectivity index (χ1) is 13.7. The van der Waals surface area contributed by atoms with Gasteiger partial charge in [-0.15, -0.1) is 0 Å². The lowest BCUT2D eigenvalue weighted by atomic mass is 9.97. The Hall–Kier alpha value is -2.33. The Kier molecular flexibility index (Phi) is 7.49. The second kappa shape index (κ2) is 10.3. The zero-order chi connectivity index (χ0) is 19.8. The highest BCUT2D eigenvalue weighted by Gasteiger charge is 2.26. The molecule has 28 heavy (non-hydrogen) atoms. The third-order valence-electron chi connectivity index (χ3n) is 5.45. The molecule has 0 N–H and O–H groups in total. The van der Waals surface area contributed by atoms with Crippen molar-refractivity contribution in [3.63, 3.8) is 0 Å². The first kappa shape index (κ1) is 20.4. The van der Waals surface area contributed by atoms with Gasteiger partial charge in [-0.2, -0.15) is 0 Å². The van der Waals surface area contributed by atoms with Gasteiger partial charge < -0.3 is 14.2 Å². The third kappa shape index (κ3) is 5.14. The molecule has 0 amide bonds. The van der Waals surface area contributed by atoms with Crippen LogP contribution in [0.3, 0.4) is 0 Å². The molecule has 3 rings (SSSR count). The van der Waals surface area contributed by atoms with Crippen LogP contribution in [0.5, 0.6) is 0 Å². The minimum Gasteiger partial charge on any atom is -0.466 e. The molecule has 0 spiro atoms. The van der Waals surface area contributed by atoms with Crippen molar-refractivity contribution in [2.75, 3.05) is 26.2 Å². The molecule has 1 aromatic heterocycles. The molecule has 1 aromatic carbocycles. The molecule has 2 heterocycles. The Bertz CT molecular complexity index is 779. The number of hydrogen-bond acceptors (Lipinski definition) is 3. The fourth-order valence-corrected chi connectivity index (χ4v) is 4.02. The van der Waals surface area contributed by atoms with Crippen LogP contribution < -0.4 is 0 Å². The standard InChI is InChI=1S/C24H32N2O2/c1-3-26-18-10-15-23(26)22(20-11-6-5-7-12-20)14-9-17-25-16-8-13-21(19-25)24(27)28-4-2/h5-7,10-12,14-15,18,21H,3-4,8-9,13,16-17,19H2,1-2H3/t21-/m1/s1. The monoisotopic (exact) mass is 380 g/mol. The maximum atomic E-state index is 12.1. The molecule has 0 saturated carbocycles. The maximum absolute atomic E-state index is 12.1. The number of carbonyl (C=O) groups is 1. The Labute approximate surface area is 168 Å². The third-order valence-corrected chi connectivity index (χ3v) is 5.45. The summed E-state index contributed by atoms with van der Waals surface area (Å²) >= 11 is 0. The number of aromatic nitrogens is 1. The van der Waals surface area contributed by atoms with E-state index in [1.54, 1.807) is 0 Å². The molecule has 4 heteroatoms. The molecule has 4 nitrogen and oxygen atoms in total. The van der Waals surface area contributed by atoms with Gasteiger partial charge >= 0.3 is 5.97 Å². The summed E-state index contributed by atoms with van der Waals surface area (Å²) in [5.74, 6) is -0.00270. The number of benzene rings is 1. The Balaban J connectivity index is 1.69. The van der Waals surface area contributed by atoms with Crippen molar-refractivity contribution in [2.24, 2.45) is 5.92 Å². The van der Waals surface area contributed by atoms with E-state index in [2.05, 4.69) is 71.1 Å². The van der Waals surface area contributed by atoms with Crippen LogP contribution in [0.4, 0.5) is 0 Å². The van der Waals surface area contributed by atoms with E-state index in [1.165, 1.54) is 16.8 Å². The molecule has 0 unspecified atom stereocenters. The molecule has 1 saturated heterocycles. The van der Waals surface area contributed by atoms with Gasteiger partial charge in [0.2, 0.25) is 0 Å². The van der Waals surface area contributed by atoms with Crippen molar-refractivity contribution in [1.29, 1.82) is 0 Å². The minimum atomic E-state index is -0.0338. The topological polar surface area (TPSA) is 34.5 Å². The highest BCUT2D eigenvalue weighted by atomic mass is 16.5. The van der Waals surface area contributed by atoms with E-state index in [-0.39, 0.29) is 11.9 Å². The van der Waals surface area contributed by atoms with Gasteiger partial charge in [-0.05, 0) is 57.4 Å². The van der Waals surface area contributed by atoms with Crippen molar-refractivity contribution in [2.45, 2.75) is 39.7 Å². The number of nitrogens with zero attached hydrogens (tertiary/aromatic N) is 2. The molecule has 0 aliphatic carbocycles. The van der Waals surface area contributed by atoms with Crippen molar-refractivity contribution >= 4 is 11.5 Å². The van der Waals surface area contributed by atoms with Crippen molar-refractivity contribution < 1.29 is 9.53 Å².